The Hall–Kier alpha value is -1.18. The molecule has 22 heavy (non-hydrogen) atoms. The number of hydrogen-bond acceptors (Lipinski definition) is 2. The molecule has 128 valence electrons. The highest BCUT2D eigenvalue weighted by Crippen LogP contribution is 2.07. The zero-order valence-electron chi connectivity index (χ0n) is 14.8. The molecule has 0 unspecified atom stereocenters. The molecule has 0 amide bonds. The van der Waals surface area contributed by atoms with E-state index in [1.807, 2.05) is 6.08 Å². The second kappa shape index (κ2) is 24.8. The van der Waals surface area contributed by atoms with Gasteiger partial charge in [0.2, 0.25) is 0 Å². The average Bonchev–Trinajstić information content (AvgIpc) is 2.54. The van der Waals surface area contributed by atoms with E-state index in [0.717, 1.165) is 31.8 Å². The molecule has 0 saturated heterocycles. The summed E-state index contributed by atoms with van der Waals surface area (Å²) in [5, 5.41) is 0. The molecule has 0 aliphatic rings. The van der Waals surface area contributed by atoms with Crippen LogP contribution in [0.1, 0.15) is 90.9 Å². The van der Waals surface area contributed by atoms with Gasteiger partial charge in [0.05, 0.1) is 0 Å². The van der Waals surface area contributed by atoms with Gasteiger partial charge in [0.15, 0.2) is 0 Å². The number of carbonyl (C=O) groups is 2. The molecule has 0 bridgehead atoms. The molecule has 0 aromatic carbocycles. The third-order valence-electron chi connectivity index (χ3n) is 3.34. The molecule has 2 nitrogen and oxygen atoms in total. The lowest BCUT2D eigenvalue weighted by atomic mass is 10.1. The molecule has 0 fully saturated rings. The summed E-state index contributed by atoms with van der Waals surface area (Å²) in [6.07, 6.45) is 23.8. The van der Waals surface area contributed by atoms with Gasteiger partial charge in [-0.1, -0.05) is 83.4 Å². The summed E-state index contributed by atoms with van der Waals surface area (Å²) < 4.78 is 0. The van der Waals surface area contributed by atoms with Gasteiger partial charge in [-0.25, -0.2) is 0 Å². The van der Waals surface area contributed by atoms with Gasteiger partial charge < -0.3 is 4.79 Å². The fourth-order valence-corrected chi connectivity index (χ4v) is 1.98. The molecule has 0 heterocycles. The Morgan fingerprint density at radius 3 is 1.73 bits per heavy atom. The number of hydrogen-bond donors (Lipinski definition) is 0. The maximum Gasteiger partial charge on any atom is 0.142 e. The summed E-state index contributed by atoms with van der Waals surface area (Å²) in [4.78, 5) is 19.8. The molecule has 0 aromatic rings. The lowest BCUT2D eigenvalue weighted by molar-refractivity contribution is -0.108. The van der Waals surface area contributed by atoms with Crippen LogP contribution in [0.2, 0.25) is 0 Å². The second-order valence-corrected chi connectivity index (χ2v) is 5.52. The Morgan fingerprint density at radius 1 is 0.591 bits per heavy atom. The molecule has 0 aromatic heterocycles. The van der Waals surface area contributed by atoms with E-state index in [0.29, 0.717) is 0 Å². The molecule has 0 atom stereocenters. The molecule has 0 N–H and O–H groups in total. The van der Waals surface area contributed by atoms with Crippen LogP contribution in [0.25, 0.3) is 0 Å². The van der Waals surface area contributed by atoms with Gasteiger partial charge >= 0.3 is 0 Å². The van der Waals surface area contributed by atoms with Gasteiger partial charge in [-0.15, -0.1) is 0 Å². The largest absolute Gasteiger partial charge is 0.303 e. The molecule has 0 aliphatic heterocycles. The van der Waals surface area contributed by atoms with E-state index < -0.39 is 0 Å². The molecule has 0 rings (SSSR count). The van der Waals surface area contributed by atoms with Crippen LogP contribution in [0.3, 0.4) is 0 Å². The van der Waals surface area contributed by atoms with Crippen molar-refractivity contribution in [3.8, 4) is 0 Å². The summed E-state index contributed by atoms with van der Waals surface area (Å²) in [7, 11) is 0. The van der Waals surface area contributed by atoms with Gasteiger partial charge in [0.25, 0.3) is 0 Å². The minimum Gasteiger partial charge on any atom is -0.303 e. The zero-order chi connectivity index (χ0) is 16.7. The highest BCUT2D eigenvalue weighted by Gasteiger charge is 1.89. The van der Waals surface area contributed by atoms with Crippen LogP contribution in [0.15, 0.2) is 24.3 Å². The number of unbranched alkanes of at least 4 members (excludes halogenated alkanes) is 10. The molecule has 0 aliphatic carbocycles. The van der Waals surface area contributed by atoms with E-state index >= 15 is 0 Å². The molecule has 2 heteroatoms. The van der Waals surface area contributed by atoms with Crippen LogP contribution < -0.4 is 0 Å². The van der Waals surface area contributed by atoms with Crippen LogP contribution in [0, 0.1) is 0 Å². The first-order valence-corrected chi connectivity index (χ1v) is 9.04. The van der Waals surface area contributed by atoms with Gasteiger partial charge in [-0.05, 0) is 25.3 Å². The maximum atomic E-state index is 9.94. The Kier molecular flexibility index (Phi) is 26.0. The third-order valence-corrected chi connectivity index (χ3v) is 3.34. The Labute approximate surface area is 138 Å². The molecule has 0 spiro atoms. The van der Waals surface area contributed by atoms with E-state index in [1.165, 1.54) is 63.9 Å². The van der Waals surface area contributed by atoms with Gasteiger partial charge in [-0.3, -0.25) is 4.79 Å². The number of aldehydes is 2. The van der Waals surface area contributed by atoms with Crippen LogP contribution in [0.5, 0.6) is 0 Å². The monoisotopic (exact) mass is 308 g/mol. The number of rotatable bonds is 14. The van der Waals surface area contributed by atoms with Crippen molar-refractivity contribution < 1.29 is 9.59 Å². The highest BCUT2D eigenvalue weighted by molar-refractivity contribution is 5.65. The van der Waals surface area contributed by atoms with Crippen molar-refractivity contribution in [3.63, 3.8) is 0 Å². The summed E-state index contributed by atoms with van der Waals surface area (Å²) >= 11 is 0. The summed E-state index contributed by atoms with van der Waals surface area (Å²) in [6.45, 7) is 4.42. The Morgan fingerprint density at radius 2 is 1.14 bits per heavy atom. The second-order valence-electron chi connectivity index (χ2n) is 5.52. The maximum absolute atomic E-state index is 9.94. The fraction of sp³-hybridized carbons (Fsp3) is 0.700. The van der Waals surface area contributed by atoms with E-state index in [-0.39, 0.29) is 0 Å². The van der Waals surface area contributed by atoms with E-state index in [4.69, 9.17) is 0 Å². The smallest absolute Gasteiger partial charge is 0.142 e. The van der Waals surface area contributed by atoms with Crippen molar-refractivity contribution >= 4 is 12.6 Å². The van der Waals surface area contributed by atoms with Gasteiger partial charge in [0, 0.05) is 6.42 Å². The van der Waals surface area contributed by atoms with Gasteiger partial charge in [0.1, 0.15) is 12.6 Å². The average molecular weight is 309 g/mol. The summed E-state index contributed by atoms with van der Waals surface area (Å²) in [6, 6.07) is 0. The molecule has 0 saturated carbocycles. The standard InChI is InChI=1S/C10H20O.C10H16O/c2*1-2-3-4-5-6-7-8-9-10-11/h10H,2-9H2,1H3;6-10H,2-5H2,1H3/b;7-6+,9-8+. The van der Waals surface area contributed by atoms with Crippen molar-refractivity contribution in [2.45, 2.75) is 90.9 Å². The van der Waals surface area contributed by atoms with E-state index in [2.05, 4.69) is 19.9 Å². The van der Waals surface area contributed by atoms with E-state index in [1.54, 1.807) is 6.08 Å². The van der Waals surface area contributed by atoms with Crippen LogP contribution >= 0.6 is 0 Å². The fourth-order valence-electron chi connectivity index (χ4n) is 1.98. The predicted octanol–water partition coefficient (Wildman–Crippen LogP) is 6.20. The first-order valence-electron chi connectivity index (χ1n) is 9.04. The zero-order valence-corrected chi connectivity index (χ0v) is 14.8. The minimum atomic E-state index is 0.758. The molecule has 0 radical (unpaired) electrons. The summed E-state index contributed by atoms with van der Waals surface area (Å²) in [5.74, 6) is 0. The minimum absolute atomic E-state index is 0.758. The quantitative estimate of drug-likeness (QED) is 0.165. The first kappa shape index (κ1) is 23.1. The van der Waals surface area contributed by atoms with Crippen molar-refractivity contribution in [1.29, 1.82) is 0 Å². The number of allylic oxidation sites excluding steroid dienone is 4. The lowest BCUT2D eigenvalue weighted by Gasteiger charge is -1.97. The third kappa shape index (κ3) is 27.2. The molecular weight excluding hydrogens is 272 g/mol. The Bertz CT molecular complexity index is 267. The highest BCUT2D eigenvalue weighted by atomic mass is 16.1. The Balaban J connectivity index is 0. The van der Waals surface area contributed by atoms with Crippen LogP contribution in [0.4, 0.5) is 0 Å². The first-order chi connectivity index (χ1) is 10.8. The topological polar surface area (TPSA) is 34.1 Å². The number of carbonyl (C=O) groups excluding carboxylic acids is 2. The van der Waals surface area contributed by atoms with Crippen molar-refractivity contribution in [2.75, 3.05) is 0 Å². The van der Waals surface area contributed by atoms with Crippen molar-refractivity contribution in [3.05, 3.63) is 24.3 Å². The van der Waals surface area contributed by atoms with Crippen LogP contribution in [-0.2, 0) is 9.59 Å². The van der Waals surface area contributed by atoms with Gasteiger partial charge in [-0.2, -0.15) is 0 Å². The predicted molar refractivity (Wildman–Crippen MR) is 97.2 cm³/mol. The van der Waals surface area contributed by atoms with Crippen LogP contribution in [-0.4, -0.2) is 12.6 Å². The normalized spacial score (nSPS) is 10.6. The lowest BCUT2D eigenvalue weighted by Crippen LogP contribution is -1.80. The van der Waals surface area contributed by atoms with Crippen molar-refractivity contribution in [2.24, 2.45) is 0 Å². The van der Waals surface area contributed by atoms with E-state index in [9.17, 15) is 9.59 Å². The van der Waals surface area contributed by atoms with Crippen molar-refractivity contribution in [1.82, 2.24) is 0 Å². The molecular formula is C20H36O2. The SMILES string of the molecule is CCCCC/C=C/C=C/C=O.CCCCCCCCCC=O. The summed E-state index contributed by atoms with van der Waals surface area (Å²) in [5.41, 5.74) is 0.